The van der Waals surface area contributed by atoms with Gasteiger partial charge in [-0.3, -0.25) is 4.79 Å². The van der Waals surface area contributed by atoms with E-state index in [4.69, 9.17) is 9.47 Å². The summed E-state index contributed by atoms with van der Waals surface area (Å²) in [7, 11) is 0. The number of carbonyl (C=O) groups is 1. The van der Waals surface area contributed by atoms with Crippen LogP contribution in [0.3, 0.4) is 0 Å². The quantitative estimate of drug-likeness (QED) is 0.0378. The van der Waals surface area contributed by atoms with Crippen molar-refractivity contribution in [1.29, 1.82) is 0 Å². The summed E-state index contributed by atoms with van der Waals surface area (Å²) >= 11 is 0. The van der Waals surface area contributed by atoms with E-state index in [-0.39, 0.29) is 12.6 Å². The van der Waals surface area contributed by atoms with Gasteiger partial charge in [0.2, 0.25) is 0 Å². The van der Waals surface area contributed by atoms with Crippen LogP contribution in [0.15, 0.2) is 36.5 Å². The molecular weight excluding hydrogens is 713 g/mol. The van der Waals surface area contributed by atoms with Crippen molar-refractivity contribution in [2.24, 2.45) is 0 Å². The van der Waals surface area contributed by atoms with Crippen molar-refractivity contribution in [3.63, 3.8) is 0 Å². The van der Waals surface area contributed by atoms with Gasteiger partial charge in [-0.25, -0.2) is 0 Å². The molecule has 1 N–H and O–H groups in total. The summed E-state index contributed by atoms with van der Waals surface area (Å²) in [5.41, 5.74) is 0. The van der Waals surface area contributed by atoms with Gasteiger partial charge in [0.25, 0.3) is 0 Å². The number of hydrogen-bond donors (Lipinski definition) is 1. The van der Waals surface area contributed by atoms with Crippen LogP contribution in [0.1, 0.15) is 277 Å². The summed E-state index contributed by atoms with van der Waals surface area (Å²) in [6.07, 6.45) is 66.7. The Morgan fingerprint density at radius 1 is 0.414 bits per heavy atom. The molecule has 0 radical (unpaired) electrons. The maximum absolute atomic E-state index is 12.3. The van der Waals surface area contributed by atoms with Crippen molar-refractivity contribution in [3.05, 3.63) is 36.5 Å². The SMILES string of the molecule is CCCCCCC/C=C\C/C=C\C/C=C\CCCCCCCCCCCCC(=O)OC(CO)COCCCCCCCCCCCCCCCCCCCCCCC. The molecule has 0 aromatic heterocycles. The summed E-state index contributed by atoms with van der Waals surface area (Å²) in [5, 5.41) is 9.65. The lowest BCUT2D eigenvalue weighted by Gasteiger charge is -2.16. The van der Waals surface area contributed by atoms with E-state index in [0.717, 1.165) is 32.1 Å². The van der Waals surface area contributed by atoms with E-state index >= 15 is 0 Å². The summed E-state index contributed by atoms with van der Waals surface area (Å²) in [6.45, 7) is 5.38. The highest BCUT2D eigenvalue weighted by Gasteiger charge is 2.13. The molecule has 4 nitrogen and oxygen atoms in total. The molecular formula is C54H102O4. The fourth-order valence-corrected chi connectivity index (χ4v) is 7.81. The predicted octanol–water partition coefficient (Wildman–Crippen LogP) is 17.6. The van der Waals surface area contributed by atoms with Crippen LogP contribution in [0.4, 0.5) is 0 Å². The number of carbonyl (C=O) groups excluding carboxylic acids is 1. The summed E-state index contributed by atoms with van der Waals surface area (Å²) in [6, 6.07) is 0. The highest BCUT2D eigenvalue weighted by Crippen LogP contribution is 2.16. The molecule has 0 aromatic carbocycles. The van der Waals surface area contributed by atoms with E-state index in [1.54, 1.807) is 0 Å². The number of unbranched alkanes of at least 4 members (excludes halogenated alkanes) is 35. The average Bonchev–Trinajstić information content (AvgIpc) is 3.23. The maximum Gasteiger partial charge on any atom is 0.306 e. The second-order valence-corrected chi connectivity index (χ2v) is 17.6. The monoisotopic (exact) mass is 815 g/mol. The Hall–Kier alpha value is -1.39. The minimum Gasteiger partial charge on any atom is -0.457 e. The van der Waals surface area contributed by atoms with E-state index < -0.39 is 6.10 Å². The minimum atomic E-state index is -0.535. The topological polar surface area (TPSA) is 55.8 Å². The van der Waals surface area contributed by atoms with Crippen molar-refractivity contribution in [3.8, 4) is 0 Å². The molecule has 0 spiro atoms. The third kappa shape index (κ3) is 49.0. The van der Waals surface area contributed by atoms with Gasteiger partial charge in [-0.2, -0.15) is 0 Å². The van der Waals surface area contributed by atoms with E-state index in [9.17, 15) is 9.90 Å². The van der Waals surface area contributed by atoms with Crippen molar-refractivity contribution in [2.45, 2.75) is 283 Å². The Morgan fingerprint density at radius 2 is 0.724 bits per heavy atom. The van der Waals surface area contributed by atoms with Gasteiger partial charge in [-0.1, -0.05) is 256 Å². The zero-order chi connectivity index (χ0) is 41.9. The molecule has 0 aliphatic heterocycles. The molecule has 58 heavy (non-hydrogen) atoms. The van der Waals surface area contributed by atoms with Gasteiger partial charge >= 0.3 is 5.97 Å². The average molecular weight is 815 g/mol. The van der Waals surface area contributed by atoms with E-state index in [0.29, 0.717) is 19.6 Å². The lowest BCUT2D eigenvalue weighted by Crippen LogP contribution is -2.27. The second-order valence-electron chi connectivity index (χ2n) is 17.6. The molecule has 0 bridgehead atoms. The number of allylic oxidation sites excluding steroid dienone is 6. The van der Waals surface area contributed by atoms with Gasteiger partial charge < -0.3 is 14.6 Å². The molecule has 0 fully saturated rings. The van der Waals surface area contributed by atoms with Gasteiger partial charge in [0, 0.05) is 13.0 Å². The molecule has 0 aliphatic rings. The Labute approximate surface area is 363 Å². The molecule has 0 heterocycles. The Kier molecular flexibility index (Phi) is 50.5. The van der Waals surface area contributed by atoms with Gasteiger partial charge in [-0.15, -0.1) is 0 Å². The first-order valence-electron chi connectivity index (χ1n) is 26.1. The van der Waals surface area contributed by atoms with Crippen molar-refractivity contribution in [1.82, 2.24) is 0 Å². The zero-order valence-electron chi connectivity index (χ0n) is 39.3. The highest BCUT2D eigenvalue weighted by molar-refractivity contribution is 5.69. The number of esters is 1. The van der Waals surface area contributed by atoms with Crippen molar-refractivity contribution in [2.75, 3.05) is 19.8 Å². The van der Waals surface area contributed by atoms with Crippen LogP contribution in [0, 0.1) is 0 Å². The first-order chi connectivity index (χ1) is 28.7. The molecule has 1 unspecified atom stereocenters. The number of rotatable bonds is 49. The van der Waals surface area contributed by atoms with Crippen LogP contribution in [0.25, 0.3) is 0 Å². The van der Waals surface area contributed by atoms with Crippen LogP contribution >= 0.6 is 0 Å². The number of aliphatic hydroxyl groups excluding tert-OH is 1. The Morgan fingerprint density at radius 3 is 1.09 bits per heavy atom. The third-order valence-electron chi connectivity index (χ3n) is 11.7. The van der Waals surface area contributed by atoms with Crippen LogP contribution in [-0.2, 0) is 14.3 Å². The summed E-state index contributed by atoms with van der Waals surface area (Å²) < 4.78 is 11.2. The maximum atomic E-state index is 12.3. The fourth-order valence-electron chi connectivity index (χ4n) is 7.81. The predicted molar refractivity (Wildman–Crippen MR) is 256 cm³/mol. The van der Waals surface area contributed by atoms with E-state index in [1.165, 1.54) is 225 Å². The second kappa shape index (κ2) is 51.8. The molecule has 1 atom stereocenters. The molecule has 4 heteroatoms. The molecule has 0 rings (SSSR count). The molecule has 342 valence electrons. The van der Waals surface area contributed by atoms with Crippen LogP contribution in [0.5, 0.6) is 0 Å². The molecule has 0 saturated carbocycles. The molecule has 0 saturated heterocycles. The Bertz CT molecular complexity index is 863. The smallest absolute Gasteiger partial charge is 0.306 e. The normalized spacial score (nSPS) is 12.5. The number of aliphatic hydroxyl groups is 1. The van der Waals surface area contributed by atoms with E-state index in [2.05, 4.69) is 50.3 Å². The molecule has 0 amide bonds. The summed E-state index contributed by atoms with van der Waals surface area (Å²) in [5.74, 6) is -0.199. The van der Waals surface area contributed by atoms with Crippen LogP contribution in [-0.4, -0.2) is 37.0 Å². The first-order valence-corrected chi connectivity index (χ1v) is 26.1. The van der Waals surface area contributed by atoms with E-state index in [1.807, 2.05) is 0 Å². The fraction of sp³-hybridized carbons (Fsp3) is 0.870. The Balaban J connectivity index is 3.39. The lowest BCUT2D eigenvalue weighted by atomic mass is 10.0. The standard InChI is InChI=1S/C54H102O4/c1-3-5-7-9-11-13-15-17-19-21-23-25-26-27-28-29-31-33-35-37-39-41-43-45-47-49-54(56)58-53(51-55)52-57-50-48-46-44-42-40-38-36-34-32-30-24-22-20-18-16-14-12-10-8-6-4-2/h15,17,21,23,26-27,53,55H,3-14,16,18-20,22,24-25,28-52H2,1-2H3/b17-15-,23-21-,27-26-. The number of hydrogen-bond acceptors (Lipinski definition) is 4. The zero-order valence-corrected chi connectivity index (χ0v) is 39.3. The minimum absolute atomic E-state index is 0.170. The van der Waals surface area contributed by atoms with Gasteiger partial charge in [-0.05, 0) is 51.4 Å². The molecule has 0 aromatic rings. The van der Waals surface area contributed by atoms with Gasteiger partial charge in [0.05, 0.1) is 13.2 Å². The van der Waals surface area contributed by atoms with Crippen molar-refractivity contribution < 1.29 is 19.4 Å². The first kappa shape index (κ1) is 56.6. The van der Waals surface area contributed by atoms with Crippen LogP contribution < -0.4 is 0 Å². The number of ether oxygens (including phenoxy) is 2. The van der Waals surface area contributed by atoms with Gasteiger partial charge in [0.1, 0.15) is 6.10 Å². The van der Waals surface area contributed by atoms with Crippen LogP contribution in [0.2, 0.25) is 0 Å². The largest absolute Gasteiger partial charge is 0.457 e. The third-order valence-corrected chi connectivity index (χ3v) is 11.7. The molecule has 0 aliphatic carbocycles. The van der Waals surface area contributed by atoms with Crippen molar-refractivity contribution >= 4 is 5.97 Å². The summed E-state index contributed by atoms with van der Waals surface area (Å²) in [4.78, 5) is 12.3. The highest BCUT2D eigenvalue weighted by atomic mass is 16.6. The van der Waals surface area contributed by atoms with Gasteiger partial charge in [0.15, 0.2) is 0 Å². The lowest BCUT2D eigenvalue weighted by molar-refractivity contribution is -0.154.